The summed E-state index contributed by atoms with van der Waals surface area (Å²) in [5.41, 5.74) is 0.667. The van der Waals surface area contributed by atoms with E-state index in [1.54, 1.807) is 6.08 Å². The van der Waals surface area contributed by atoms with E-state index in [4.69, 9.17) is 14.2 Å². The molecule has 2 fully saturated rings. The second kappa shape index (κ2) is 7.62. The SMILES string of the molecule is C=CCOc1ccc(C(=O)N2CCCCC2C2OCCO2)cc1. The summed E-state index contributed by atoms with van der Waals surface area (Å²) < 4.78 is 16.7. The molecule has 124 valence electrons. The lowest BCUT2D eigenvalue weighted by molar-refractivity contribution is -0.100. The van der Waals surface area contributed by atoms with Gasteiger partial charge in [-0.3, -0.25) is 4.79 Å². The summed E-state index contributed by atoms with van der Waals surface area (Å²) in [6.45, 7) is 6.05. The molecule has 1 amide bonds. The Balaban J connectivity index is 1.70. The van der Waals surface area contributed by atoms with Crippen LogP contribution in [0.3, 0.4) is 0 Å². The third kappa shape index (κ3) is 3.74. The minimum absolute atomic E-state index is 0.00967. The molecule has 5 nitrogen and oxygen atoms in total. The first-order valence-corrected chi connectivity index (χ1v) is 8.17. The Morgan fingerprint density at radius 3 is 2.70 bits per heavy atom. The fourth-order valence-electron chi connectivity index (χ4n) is 3.11. The van der Waals surface area contributed by atoms with E-state index in [-0.39, 0.29) is 18.2 Å². The molecule has 2 saturated heterocycles. The monoisotopic (exact) mass is 317 g/mol. The number of carbonyl (C=O) groups is 1. The second-order valence-corrected chi connectivity index (χ2v) is 5.80. The van der Waals surface area contributed by atoms with Gasteiger partial charge in [-0.25, -0.2) is 0 Å². The maximum Gasteiger partial charge on any atom is 0.254 e. The lowest BCUT2D eigenvalue weighted by Gasteiger charge is -2.38. The number of hydrogen-bond donors (Lipinski definition) is 0. The number of carbonyl (C=O) groups excluding carboxylic acids is 1. The van der Waals surface area contributed by atoms with Crippen LogP contribution in [0.1, 0.15) is 29.6 Å². The normalized spacial score (nSPS) is 22.1. The average molecular weight is 317 g/mol. The van der Waals surface area contributed by atoms with E-state index in [1.165, 1.54) is 0 Å². The van der Waals surface area contributed by atoms with Gasteiger partial charge in [-0.05, 0) is 43.5 Å². The molecule has 0 spiro atoms. The summed E-state index contributed by atoms with van der Waals surface area (Å²) in [6.07, 6.45) is 4.46. The third-order valence-corrected chi connectivity index (χ3v) is 4.24. The largest absolute Gasteiger partial charge is 0.490 e. The van der Waals surface area contributed by atoms with E-state index in [0.29, 0.717) is 25.4 Å². The topological polar surface area (TPSA) is 48.0 Å². The van der Waals surface area contributed by atoms with Crippen molar-refractivity contribution < 1.29 is 19.0 Å². The van der Waals surface area contributed by atoms with Gasteiger partial charge < -0.3 is 19.1 Å². The van der Waals surface area contributed by atoms with E-state index in [2.05, 4.69) is 6.58 Å². The summed E-state index contributed by atoms with van der Waals surface area (Å²) in [4.78, 5) is 14.8. The van der Waals surface area contributed by atoms with Crippen LogP contribution >= 0.6 is 0 Å². The highest BCUT2D eigenvalue weighted by molar-refractivity contribution is 5.94. The number of likely N-dealkylation sites (tertiary alicyclic amines) is 1. The summed E-state index contributed by atoms with van der Waals surface area (Å²) in [7, 11) is 0. The molecule has 5 heteroatoms. The summed E-state index contributed by atoms with van der Waals surface area (Å²) in [5.74, 6) is 0.767. The maximum absolute atomic E-state index is 12.9. The van der Waals surface area contributed by atoms with Crippen molar-refractivity contribution in [3.05, 3.63) is 42.5 Å². The molecule has 0 bridgehead atoms. The van der Waals surface area contributed by atoms with Gasteiger partial charge in [-0.2, -0.15) is 0 Å². The number of rotatable bonds is 5. The molecule has 3 rings (SSSR count). The predicted molar refractivity (Wildman–Crippen MR) is 86.5 cm³/mol. The molecule has 2 aliphatic heterocycles. The molecule has 0 radical (unpaired) electrons. The van der Waals surface area contributed by atoms with E-state index < -0.39 is 0 Å². The first-order valence-electron chi connectivity index (χ1n) is 8.17. The molecule has 1 aromatic carbocycles. The van der Waals surface area contributed by atoms with E-state index in [1.807, 2.05) is 29.2 Å². The van der Waals surface area contributed by atoms with E-state index in [9.17, 15) is 4.79 Å². The van der Waals surface area contributed by atoms with Crippen molar-refractivity contribution in [2.75, 3.05) is 26.4 Å². The molecule has 2 heterocycles. The highest BCUT2D eigenvalue weighted by Gasteiger charge is 2.36. The number of hydrogen-bond acceptors (Lipinski definition) is 4. The van der Waals surface area contributed by atoms with Crippen molar-refractivity contribution >= 4 is 5.91 Å². The van der Waals surface area contributed by atoms with Gasteiger partial charge in [-0.1, -0.05) is 12.7 Å². The molecule has 0 aromatic heterocycles. The van der Waals surface area contributed by atoms with Crippen LogP contribution < -0.4 is 4.74 Å². The van der Waals surface area contributed by atoms with Gasteiger partial charge >= 0.3 is 0 Å². The fraction of sp³-hybridized carbons (Fsp3) is 0.500. The predicted octanol–water partition coefficient (Wildman–Crippen LogP) is 2.62. The summed E-state index contributed by atoms with van der Waals surface area (Å²) >= 11 is 0. The zero-order chi connectivity index (χ0) is 16.1. The van der Waals surface area contributed by atoms with Crippen molar-refractivity contribution in [2.24, 2.45) is 0 Å². The summed E-state index contributed by atoms with van der Waals surface area (Å²) in [6, 6.07) is 7.26. The van der Waals surface area contributed by atoms with Gasteiger partial charge in [0, 0.05) is 12.1 Å². The quantitative estimate of drug-likeness (QED) is 0.783. The van der Waals surface area contributed by atoms with Crippen LogP contribution in [-0.4, -0.2) is 49.5 Å². The fourth-order valence-corrected chi connectivity index (χ4v) is 3.11. The summed E-state index contributed by atoms with van der Waals surface area (Å²) in [5, 5.41) is 0. The molecule has 2 aliphatic rings. The van der Waals surface area contributed by atoms with Crippen LogP contribution in [-0.2, 0) is 9.47 Å². The maximum atomic E-state index is 12.9. The zero-order valence-corrected chi connectivity index (χ0v) is 13.3. The Labute approximate surface area is 136 Å². The van der Waals surface area contributed by atoms with Gasteiger partial charge in [0.1, 0.15) is 12.4 Å². The molecule has 0 N–H and O–H groups in total. The van der Waals surface area contributed by atoms with Gasteiger partial charge in [-0.15, -0.1) is 0 Å². The van der Waals surface area contributed by atoms with Gasteiger partial charge in [0.2, 0.25) is 0 Å². The van der Waals surface area contributed by atoms with Crippen molar-refractivity contribution in [3.8, 4) is 5.75 Å². The van der Waals surface area contributed by atoms with Crippen molar-refractivity contribution in [2.45, 2.75) is 31.6 Å². The first-order chi connectivity index (χ1) is 11.3. The van der Waals surface area contributed by atoms with Crippen LogP contribution in [0.25, 0.3) is 0 Å². The Morgan fingerprint density at radius 1 is 1.26 bits per heavy atom. The van der Waals surface area contributed by atoms with Crippen LogP contribution in [0.2, 0.25) is 0 Å². The zero-order valence-electron chi connectivity index (χ0n) is 13.3. The minimum atomic E-state index is -0.283. The Bertz CT molecular complexity index is 536. The third-order valence-electron chi connectivity index (χ3n) is 4.24. The van der Waals surface area contributed by atoms with Crippen molar-refractivity contribution in [1.29, 1.82) is 0 Å². The minimum Gasteiger partial charge on any atom is -0.490 e. The number of nitrogens with zero attached hydrogens (tertiary/aromatic N) is 1. The standard InChI is InChI=1S/C18H23NO4/c1-2-11-21-15-8-6-14(7-9-15)17(20)19-10-4-3-5-16(19)18-22-12-13-23-18/h2,6-9,16,18H,1,3-5,10-13H2. The molecule has 23 heavy (non-hydrogen) atoms. The lowest BCUT2D eigenvalue weighted by Crippen LogP contribution is -2.50. The molecule has 0 saturated carbocycles. The smallest absolute Gasteiger partial charge is 0.254 e. The Kier molecular flexibility index (Phi) is 5.31. The Morgan fingerprint density at radius 2 is 2.00 bits per heavy atom. The van der Waals surface area contributed by atoms with E-state index in [0.717, 1.165) is 31.6 Å². The van der Waals surface area contributed by atoms with E-state index >= 15 is 0 Å². The van der Waals surface area contributed by atoms with Crippen LogP contribution in [0.4, 0.5) is 0 Å². The van der Waals surface area contributed by atoms with Crippen molar-refractivity contribution in [1.82, 2.24) is 4.90 Å². The molecular formula is C18H23NO4. The molecule has 1 atom stereocenters. The number of benzene rings is 1. The Hall–Kier alpha value is -1.85. The highest BCUT2D eigenvalue weighted by atomic mass is 16.7. The average Bonchev–Trinajstić information content (AvgIpc) is 3.14. The van der Waals surface area contributed by atoms with Crippen LogP contribution in [0.5, 0.6) is 5.75 Å². The first kappa shape index (κ1) is 16.0. The van der Waals surface area contributed by atoms with Gasteiger partial charge in [0.25, 0.3) is 5.91 Å². The molecule has 1 unspecified atom stereocenters. The molecular weight excluding hydrogens is 294 g/mol. The highest BCUT2D eigenvalue weighted by Crippen LogP contribution is 2.26. The lowest BCUT2D eigenvalue weighted by atomic mass is 10.00. The number of ether oxygens (including phenoxy) is 3. The van der Waals surface area contributed by atoms with Crippen molar-refractivity contribution in [3.63, 3.8) is 0 Å². The number of piperidine rings is 1. The van der Waals surface area contributed by atoms with Gasteiger partial charge in [0.05, 0.1) is 19.3 Å². The van der Waals surface area contributed by atoms with Crippen LogP contribution in [0, 0.1) is 0 Å². The van der Waals surface area contributed by atoms with Crippen LogP contribution in [0.15, 0.2) is 36.9 Å². The molecule has 1 aromatic rings. The van der Waals surface area contributed by atoms with Gasteiger partial charge in [0.15, 0.2) is 6.29 Å². The second-order valence-electron chi connectivity index (χ2n) is 5.80. The number of amides is 1. The molecule has 0 aliphatic carbocycles.